The molecule has 0 amide bonds. The summed E-state index contributed by atoms with van der Waals surface area (Å²) in [4.78, 5) is 18.0. The lowest BCUT2D eigenvalue weighted by Crippen LogP contribution is -2.21. The van der Waals surface area contributed by atoms with Gasteiger partial charge in [0.2, 0.25) is 0 Å². The van der Waals surface area contributed by atoms with Crippen LogP contribution in [0.3, 0.4) is 0 Å². The number of aliphatic carboxylic acids is 1. The first-order chi connectivity index (χ1) is 6.99. The highest BCUT2D eigenvalue weighted by Gasteiger charge is 2.08. The number of aryl methyl sites for hydroxylation is 2. The lowest BCUT2D eigenvalue weighted by atomic mass is 10.3. The molecule has 0 fully saturated rings. The van der Waals surface area contributed by atoms with Crippen molar-refractivity contribution >= 4 is 17.3 Å². The lowest BCUT2D eigenvalue weighted by Gasteiger charge is -2.14. The van der Waals surface area contributed by atoms with Crippen molar-refractivity contribution in [3.8, 4) is 0 Å². The van der Waals surface area contributed by atoms with Crippen LogP contribution in [0.1, 0.15) is 22.0 Å². The van der Waals surface area contributed by atoms with E-state index in [1.54, 1.807) is 11.3 Å². The Labute approximate surface area is 93.6 Å². The number of carbonyl (C=O) groups is 1. The van der Waals surface area contributed by atoms with Crippen molar-refractivity contribution in [3.05, 3.63) is 15.6 Å². The third-order valence-corrected chi connectivity index (χ3v) is 3.18. The summed E-state index contributed by atoms with van der Waals surface area (Å²) in [7, 11) is 1.93. The molecule has 0 radical (unpaired) electrons. The van der Waals surface area contributed by atoms with E-state index >= 15 is 0 Å². The van der Waals surface area contributed by atoms with Crippen LogP contribution < -0.4 is 0 Å². The van der Waals surface area contributed by atoms with E-state index in [-0.39, 0.29) is 6.42 Å². The maximum absolute atomic E-state index is 10.4. The van der Waals surface area contributed by atoms with Gasteiger partial charge in [0.05, 0.1) is 17.1 Å². The SMILES string of the molecule is Cc1nc(C)c(CN(C)CCC(=O)O)s1. The van der Waals surface area contributed by atoms with Gasteiger partial charge in [-0.3, -0.25) is 4.79 Å². The molecule has 5 heteroatoms. The fraction of sp³-hybridized carbons (Fsp3) is 0.600. The van der Waals surface area contributed by atoms with Crippen molar-refractivity contribution < 1.29 is 9.90 Å². The van der Waals surface area contributed by atoms with Gasteiger partial charge >= 0.3 is 5.97 Å². The zero-order chi connectivity index (χ0) is 11.4. The Morgan fingerprint density at radius 3 is 2.67 bits per heavy atom. The van der Waals surface area contributed by atoms with Gasteiger partial charge in [0, 0.05) is 18.0 Å². The molecule has 0 saturated carbocycles. The average molecular weight is 228 g/mol. The maximum Gasteiger partial charge on any atom is 0.304 e. The fourth-order valence-corrected chi connectivity index (χ4v) is 2.35. The van der Waals surface area contributed by atoms with Gasteiger partial charge in [0.15, 0.2) is 0 Å². The molecular formula is C10H16N2O2S. The normalized spacial score (nSPS) is 10.9. The zero-order valence-electron chi connectivity index (χ0n) is 9.28. The summed E-state index contributed by atoms with van der Waals surface area (Å²) < 4.78 is 0. The number of nitrogens with zero attached hydrogens (tertiary/aromatic N) is 2. The van der Waals surface area contributed by atoms with E-state index in [4.69, 9.17) is 5.11 Å². The monoisotopic (exact) mass is 228 g/mol. The highest BCUT2D eigenvalue weighted by atomic mass is 32.1. The van der Waals surface area contributed by atoms with Crippen LogP contribution in [0, 0.1) is 13.8 Å². The Morgan fingerprint density at radius 2 is 2.20 bits per heavy atom. The van der Waals surface area contributed by atoms with Crippen molar-refractivity contribution in [2.24, 2.45) is 0 Å². The highest BCUT2D eigenvalue weighted by Crippen LogP contribution is 2.18. The number of carboxylic acids is 1. The zero-order valence-corrected chi connectivity index (χ0v) is 10.1. The van der Waals surface area contributed by atoms with Crippen molar-refractivity contribution in [1.29, 1.82) is 0 Å². The Bertz CT molecular complexity index is 349. The van der Waals surface area contributed by atoms with Gasteiger partial charge in [-0.2, -0.15) is 0 Å². The first-order valence-corrected chi connectivity index (χ1v) is 5.64. The molecule has 0 aliphatic rings. The van der Waals surface area contributed by atoms with Gasteiger partial charge in [0.1, 0.15) is 0 Å². The minimum absolute atomic E-state index is 0.188. The minimum atomic E-state index is -0.751. The van der Waals surface area contributed by atoms with E-state index in [9.17, 15) is 4.79 Å². The summed E-state index contributed by atoms with van der Waals surface area (Å²) in [6, 6.07) is 0. The second-order valence-corrected chi connectivity index (χ2v) is 4.91. The molecule has 4 nitrogen and oxygen atoms in total. The molecule has 1 aromatic heterocycles. The van der Waals surface area contributed by atoms with Crippen molar-refractivity contribution in [3.63, 3.8) is 0 Å². The number of hydrogen-bond donors (Lipinski definition) is 1. The smallest absolute Gasteiger partial charge is 0.304 e. The van der Waals surface area contributed by atoms with Crippen molar-refractivity contribution in [2.75, 3.05) is 13.6 Å². The van der Waals surface area contributed by atoms with Crippen molar-refractivity contribution in [1.82, 2.24) is 9.88 Å². The van der Waals surface area contributed by atoms with Gasteiger partial charge in [0.25, 0.3) is 0 Å². The number of rotatable bonds is 5. The van der Waals surface area contributed by atoms with Gasteiger partial charge in [-0.15, -0.1) is 11.3 Å². The van der Waals surface area contributed by atoms with Crippen LogP contribution in [0.25, 0.3) is 0 Å². The third kappa shape index (κ3) is 3.97. The van der Waals surface area contributed by atoms with Gasteiger partial charge in [-0.1, -0.05) is 0 Å². The molecule has 0 aliphatic heterocycles. The van der Waals surface area contributed by atoms with Gasteiger partial charge in [-0.05, 0) is 20.9 Å². The second-order valence-electron chi connectivity index (χ2n) is 3.62. The Balaban J connectivity index is 2.47. The first-order valence-electron chi connectivity index (χ1n) is 4.82. The summed E-state index contributed by atoms with van der Waals surface area (Å²) in [6.07, 6.45) is 0.188. The molecule has 0 spiro atoms. The first kappa shape index (κ1) is 12.1. The molecule has 1 rings (SSSR count). The van der Waals surface area contributed by atoms with E-state index in [1.807, 2.05) is 25.8 Å². The van der Waals surface area contributed by atoms with E-state index in [0.29, 0.717) is 6.54 Å². The molecular weight excluding hydrogens is 212 g/mol. The summed E-state index contributed by atoms with van der Waals surface area (Å²) in [5, 5.41) is 9.61. The molecule has 0 atom stereocenters. The summed E-state index contributed by atoms with van der Waals surface area (Å²) in [5.41, 5.74) is 1.06. The Morgan fingerprint density at radius 1 is 1.53 bits per heavy atom. The standard InChI is InChI=1S/C10H16N2O2S/c1-7-9(15-8(2)11-7)6-12(3)5-4-10(13)14/h4-6H2,1-3H3,(H,13,14). The summed E-state index contributed by atoms with van der Waals surface area (Å²) in [6.45, 7) is 5.33. The molecule has 0 saturated heterocycles. The molecule has 1 aromatic rings. The molecule has 1 N–H and O–H groups in total. The van der Waals surface area contributed by atoms with Gasteiger partial charge in [-0.25, -0.2) is 4.98 Å². The average Bonchev–Trinajstić information content (AvgIpc) is 2.42. The third-order valence-electron chi connectivity index (χ3n) is 2.12. The maximum atomic E-state index is 10.4. The molecule has 0 bridgehead atoms. The van der Waals surface area contributed by atoms with E-state index in [1.165, 1.54) is 4.88 Å². The molecule has 1 heterocycles. The van der Waals surface area contributed by atoms with Crippen LogP contribution in [-0.4, -0.2) is 34.6 Å². The number of hydrogen-bond acceptors (Lipinski definition) is 4. The predicted octanol–water partition coefficient (Wildman–Crippen LogP) is 1.67. The van der Waals surface area contributed by atoms with E-state index in [0.717, 1.165) is 17.2 Å². The summed E-state index contributed by atoms with van der Waals surface area (Å²) >= 11 is 1.68. The Kier molecular flexibility index (Phi) is 4.23. The van der Waals surface area contributed by atoms with Crippen molar-refractivity contribution in [2.45, 2.75) is 26.8 Å². The Hall–Kier alpha value is -0.940. The number of carboxylic acid groups (broad SMARTS) is 1. The van der Waals surface area contributed by atoms with Crippen LogP contribution in [0.15, 0.2) is 0 Å². The van der Waals surface area contributed by atoms with Crippen LogP contribution in [-0.2, 0) is 11.3 Å². The number of aromatic nitrogens is 1. The number of thiazole rings is 1. The lowest BCUT2D eigenvalue weighted by molar-refractivity contribution is -0.137. The van der Waals surface area contributed by atoms with Crippen LogP contribution in [0.5, 0.6) is 0 Å². The summed E-state index contributed by atoms with van der Waals surface area (Å²) in [5.74, 6) is -0.751. The molecule has 0 aliphatic carbocycles. The molecule has 0 unspecified atom stereocenters. The quantitative estimate of drug-likeness (QED) is 0.833. The molecule has 0 aromatic carbocycles. The highest BCUT2D eigenvalue weighted by molar-refractivity contribution is 7.11. The van der Waals surface area contributed by atoms with Crippen LogP contribution in [0.2, 0.25) is 0 Å². The molecule has 84 valence electrons. The predicted molar refractivity (Wildman–Crippen MR) is 60.2 cm³/mol. The van der Waals surface area contributed by atoms with E-state index < -0.39 is 5.97 Å². The largest absolute Gasteiger partial charge is 0.481 e. The fourth-order valence-electron chi connectivity index (χ4n) is 1.33. The minimum Gasteiger partial charge on any atom is -0.481 e. The second kappa shape index (κ2) is 5.23. The topological polar surface area (TPSA) is 53.4 Å². The van der Waals surface area contributed by atoms with Crippen LogP contribution in [0.4, 0.5) is 0 Å². The van der Waals surface area contributed by atoms with E-state index in [2.05, 4.69) is 4.98 Å². The van der Waals surface area contributed by atoms with Gasteiger partial charge < -0.3 is 10.0 Å². The molecule has 15 heavy (non-hydrogen) atoms. The van der Waals surface area contributed by atoms with Crippen LogP contribution >= 0.6 is 11.3 Å².